The van der Waals surface area contributed by atoms with Gasteiger partial charge in [-0.3, -0.25) is 0 Å². The molecule has 0 bridgehead atoms. The Hall–Kier alpha value is -2.21. The Morgan fingerprint density at radius 2 is 1.78 bits per heavy atom. The number of aromatic carboxylic acids is 2. The van der Waals surface area contributed by atoms with Crippen molar-refractivity contribution in [3.63, 3.8) is 0 Å². The second kappa shape index (κ2) is 6.91. The second-order valence-electron chi connectivity index (χ2n) is 5.11. The van der Waals surface area contributed by atoms with E-state index in [1.807, 2.05) is 6.92 Å². The molecular weight excluding hydrogens is 367 g/mol. The first-order valence-corrected chi connectivity index (χ1v) is 7.89. The first-order chi connectivity index (χ1) is 10.8. The Kier molecular flexibility index (Phi) is 5.15. The molecule has 0 saturated carbocycles. The molecule has 0 spiro atoms. The summed E-state index contributed by atoms with van der Waals surface area (Å²) in [4.78, 5) is 22.4. The zero-order valence-electron chi connectivity index (χ0n) is 12.3. The van der Waals surface area contributed by atoms with Crippen molar-refractivity contribution in [2.24, 2.45) is 0 Å². The number of hydrogen-bond donors (Lipinski definition) is 2. The third-order valence-corrected chi connectivity index (χ3v) is 4.26. The van der Waals surface area contributed by atoms with E-state index < -0.39 is 17.8 Å². The quantitative estimate of drug-likeness (QED) is 0.768. The van der Waals surface area contributed by atoms with E-state index in [9.17, 15) is 19.1 Å². The molecule has 2 N–H and O–H groups in total. The van der Waals surface area contributed by atoms with E-state index in [4.69, 9.17) is 5.11 Å². The Morgan fingerprint density at radius 3 is 2.35 bits per heavy atom. The lowest BCUT2D eigenvalue weighted by Gasteiger charge is -2.13. The van der Waals surface area contributed by atoms with Gasteiger partial charge in [-0.2, -0.15) is 0 Å². The van der Waals surface area contributed by atoms with Crippen LogP contribution in [0.25, 0.3) is 0 Å². The molecule has 0 saturated heterocycles. The number of benzene rings is 2. The molecule has 0 fully saturated rings. The SMILES string of the molecule is Cc1ccc(F)c(Cc2ccc(C(=O)O)cc2C(=O)O)c1CBr. The van der Waals surface area contributed by atoms with E-state index in [0.717, 1.165) is 17.2 Å². The van der Waals surface area contributed by atoms with Crippen molar-refractivity contribution < 1.29 is 24.2 Å². The fourth-order valence-electron chi connectivity index (χ4n) is 2.41. The highest BCUT2D eigenvalue weighted by atomic mass is 79.9. The third kappa shape index (κ3) is 3.59. The monoisotopic (exact) mass is 380 g/mol. The summed E-state index contributed by atoms with van der Waals surface area (Å²) < 4.78 is 14.2. The summed E-state index contributed by atoms with van der Waals surface area (Å²) in [6.45, 7) is 1.85. The average Bonchev–Trinajstić information content (AvgIpc) is 2.51. The van der Waals surface area contributed by atoms with Gasteiger partial charge in [-0.05, 0) is 47.4 Å². The van der Waals surface area contributed by atoms with Crippen molar-refractivity contribution in [1.82, 2.24) is 0 Å². The van der Waals surface area contributed by atoms with E-state index in [2.05, 4.69) is 15.9 Å². The fourth-order valence-corrected chi connectivity index (χ4v) is 3.19. The molecule has 120 valence electrons. The van der Waals surface area contributed by atoms with Gasteiger partial charge in [0.1, 0.15) is 5.82 Å². The molecule has 0 atom stereocenters. The molecule has 0 aromatic heterocycles. The van der Waals surface area contributed by atoms with Gasteiger partial charge in [0.15, 0.2) is 0 Å². The maximum Gasteiger partial charge on any atom is 0.336 e. The molecule has 0 aliphatic heterocycles. The molecule has 2 aromatic carbocycles. The van der Waals surface area contributed by atoms with Crippen LogP contribution in [0.4, 0.5) is 4.39 Å². The second-order valence-corrected chi connectivity index (χ2v) is 5.67. The van der Waals surface area contributed by atoms with Crippen molar-refractivity contribution in [3.8, 4) is 0 Å². The summed E-state index contributed by atoms with van der Waals surface area (Å²) in [7, 11) is 0. The smallest absolute Gasteiger partial charge is 0.336 e. The molecule has 2 rings (SSSR count). The molecule has 4 nitrogen and oxygen atoms in total. The zero-order valence-corrected chi connectivity index (χ0v) is 13.9. The predicted octanol–water partition coefficient (Wildman–Crippen LogP) is 4.02. The number of aryl methyl sites for hydroxylation is 1. The molecule has 0 aliphatic carbocycles. The van der Waals surface area contributed by atoms with Crippen molar-refractivity contribution >= 4 is 27.9 Å². The molecule has 0 amide bonds. The number of rotatable bonds is 5. The normalized spacial score (nSPS) is 10.6. The number of alkyl halides is 1. The summed E-state index contributed by atoms with van der Waals surface area (Å²) >= 11 is 3.32. The van der Waals surface area contributed by atoms with Gasteiger partial charge in [0.2, 0.25) is 0 Å². The van der Waals surface area contributed by atoms with Gasteiger partial charge in [-0.1, -0.05) is 28.1 Å². The van der Waals surface area contributed by atoms with Gasteiger partial charge in [0, 0.05) is 11.8 Å². The largest absolute Gasteiger partial charge is 0.478 e. The minimum Gasteiger partial charge on any atom is -0.478 e. The molecule has 23 heavy (non-hydrogen) atoms. The van der Waals surface area contributed by atoms with Crippen LogP contribution in [-0.2, 0) is 11.8 Å². The van der Waals surface area contributed by atoms with E-state index in [-0.39, 0.29) is 17.5 Å². The molecule has 0 unspecified atom stereocenters. The number of carbonyl (C=O) groups is 2. The van der Waals surface area contributed by atoms with Crippen LogP contribution in [0.5, 0.6) is 0 Å². The van der Waals surface area contributed by atoms with E-state index >= 15 is 0 Å². The van der Waals surface area contributed by atoms with Gasteiger partial charge in [-0.15, -0.1) is 0 Å². The maximum atomic E-state index is 14.2. The van der Waals surface area contributed by atoms with Crippen LogP contribution >= 0.6 is 15.9 Å². The molecule has 0 radical (unpaired) electrons. The van der Waals surface area contributed by atoms with Crippen LogP contribution in [0.15, 0.2) is 30.3 Å². The average molecular weight is 381 g/mol. The number of hydrogen-bond acceptors (Lipinski definition) is 2. The van der Waals surface area contributed by atoms with Crippen LogP contribution in [0.1, 0.15) is 43.0 Å². The van der Waals surface area contributed by atoms with Gasteiger partial charge in [0.05, 0.1) is 11.1 Å². The summed E-state index contributed by atoms with van der Waals surface area (Å²) in [6.07, 6.45) is 0.0793. The van der Waals surface area contributed by atoms with Crippen LogP contribution in [0.3, 0.4) is 0 Å². The summed E-state index contributed by atoms with van der Waals surface area (Å²) in [5.41, 5.74) is 2.20. The molecule has 0 aliphatic rings. The Balaban J connectivity index is 2.55. The van der Waals surface area contributed by atoms with E-state index in [1.165, 1.54) is 18.2 Å². The lowest BCUT2D eigenvalue weighted by molar-refractivity contribution is 0.0695. The maximum absolute atomic E-state index is 14.2. The standard InChI is InChI=1S/C17H14BrFO4/c1-9-2-5-15(19)13(14(9)8-18)6-10-3-4-11(16(20)21)7-12(10)17(22)23/h2-5,7H,6,8H2,1H3,(H,20,21)(H,22,23). The number of carboxylic acids is 2. The Morgan fingerprint density at radius 1 is 1.09 bits per heavy atom. The van der Waals surface area contributed by atoms with Gasteiger partial charge >= 0.3 is 11.9 Å². The highest BCUT2D eigenvalue weighted by Gasteiger charge is 2.18. The summed E-state index contributed by atoms with van der Waals surface area (Å²) in [5, 5.41) is 18.7. The van der Waals surface area contributed by atoms with Crippen LogP contribution in [0.2, 0.25) is 0 Å². The molecule has 2 aromatic rings. The Labute approximate surface area is 140 Å². The first kappa shape index (κ1) is 17.1. The molecular formula is C17H14BrFO4. The highest BCUT2D eigenvalue weighted by molar-refractivity contribution is 9.08. The number of carboxylic acid groups (broad SMARTS) is 2. The summed E-state index contributed by atoms with van der Waals surface area (Å²) in [5.74, 6) is -2.86. The van der Waals surface area contributed by atoms with Crippen LogP contribution < -0.4 is 0 Å². The van der Waals surface area contributed by atoms with E-state index in [0.29, 0.717) is 16.5 Å². The van der Waals surface area contributed by atoms with Gasteiger partial charge < -0.3 is 10.2 Å². The lowest BCUT2D eigenvalue weighted by atomic mass is 9.93. The van der Waals surface area contributed by atoms with E-state index in [1.54, 1.807) is 6.07 Å². The van der Waals surface area contributed by atoms with Crippen molar-refractivity contribution in [2.75, 3.05) is 0 Å². The highest BCUT2D eigenvalue weighted by Crippen LogP contribution is 2.25. The fraction of sp³-hybridized carbons (Fsp3) is 0.176. The predicted molar refractivity (Wildman–Crippen MR) is 86.9 cm³/mol. The topological polar surface area (TPSA) is 74.6 Å². The zero-order chi connectivity index (χ0) is 17.1. The lowest BCUT2D eigenvalue weighted by Crippen LogP contribution is -2.09. The molecule has 6 heteroatoms. The number of halogens is 2. The van der Waals surface area contributed by atoms with Crippen molar-refractivity contribution in [1.29, 1.82) is 0 Å². The van der Waals surface area contributed by atoms with Gasteiger partial charge in [0.25, 0.3) is 0 Å². The van der Waals surface area contributed by atoms with Crippen LogP contribution in [0, 0.1) is 12.7 Å². The summed E-state index contributed by atoms with van der Waals surface area (Å²) in [6, 6.07) is 6.86. The minimum absolute atomic E-state index is 0.0793. The van der Waals surface area contributed by atoms with Crippen molar-refractivity contribution in [2.45, 2.75) is 18.7 Å². The Bertz CT molecular complexity index is 786. The molecule has 0 heterocycles. The van der Waals surface area contributed by atoms with Gasteiger partial charge in [-0.25, -0.2) is 14.0 Å². The minimum atomic E-state index is -1.24. The third-order valence-electron chi connectivity index (χ3n) is 3.70. The van der Waals surface area contributed by atoms with Crippen LogP contribution in [-0.4, -0.2) is 22.2 Å². The van der Waals surface area contributed by atoms with Crippen molar-refractivity contribution in [3.05, 3.63) is 69.5 Å². The first-order valence-electron chi connectivity index (χ1n) is 6.77.